The molecule has 1 heterocycles. The number of likely N-dealkylation sites (N-methyl/N-ethyl adjacent to an activating group) is 1. The van der Waals surface area contributed by atoms with Gasteiger partial charge in [0.15, 0.2) is 0 Å². The molecule has 1 aromatic carbocycles. The van der Waals surface area contributed by atoms with Crippen molar-refractivity contribution in [3.63, 3.8) is 0 Å². The highest BCUT2D eigenvalue weighted by atomic mass is 16.5. The first kappa shape index (κ1) is 14.3. The lowest BCUT2D eigenvalue weighted by atomic mass is 10.1. The van der Waals surface area contributed by atoms with E-state index in [1.807, 2.05) is 30.3 Å². The van der Waals surface area contributed by atoms with E-state index in [9.17, 15) is 5.26 Å². The molecule has 4 heteroatoms. The Morgan fingerprint density at radius 2 is 2.00 bits per heavy atom. The van der Waals surface area contributed by atoms with Crippen molar-refractivity contribution >= 4 is 10.9 Å². The second-order valence-electron chi connectivity index (χ2n) is 4.52. The topological polar surface area (TPSA) is 49.1 Å². The Bertz CT molecular complexity index is 615. The smallest absolute Gasteiger partial charge is 0.232 e. The number of fused-ring (bicyclic) bond motifs is 1. The summed E-state index contributed by atoms with van der Waals surface area (Å²) in [7, 11) is 0. The van der Waals surface area contributed by atoms with Crippen molar-refractivity contribution < 1.29 is 4.74 Å². The van der Waals surface area contributed by atoms with Gasteiger partial charge in [-0.25, -0.2) is 4.98 Å². The molecule has 1 aromatic heterocycles. The number of benzene rings is 1. The van der Waals surface area contributed by atoms with Gasteiger partial charge >= 0.3 is 0 Å². The standard InChI is InChI=1S/C16H19N3O/c1-3-19(4-2)9-10-20-16-14(12-17)11-13-7-5-6-8-15(13)18-16/h5-8,11H,3-4,9-10H2,1-2H3. The maximum absolute atomic E-state index is 9.20. The number of para-hydroxylation sites is 1. The fourth-order valence-corrected chi connectivity index (χ4v) is 2.10. The lowest BCUT2D eigenvalue weighted by molar-refractivity contribution is 0.218. The van der Waals surface area contributed by atoms with Gasteiger partial charge in [0.25, 0.3) is 0 Å². The largest absolute Gasteiger partial charge is 0.475 e. The number of nitrogens with zero attached hydrogens (tertiary/aromatic N) is 3. The number of pyridine rings is 1. The molecule has 0 saturated carbocycles. The van der Waals surface area contributed by atoms with Gasteiger partial charge in [-0.2, -0.15) is 5.26 Å². The van der Waals surface area contributed by atoms with E-state index in [4.69, 9.17) is 4.74 Å². The Kier molecular flexibility index (Phi) is 4.91. The van der Waals surface area contributed by atoms with Gasteiger partial charge in [0.05, 0.1) is 5.52 Å². The summed E-state index contributed by atoms with van der Waals surface area (Å²) in [6.07, 6.45) is 0. The monoisotopic (exact) mass is 269 g/mol. The lowest BCUT2D eigenvalue weighted by Crippen LogP contribution is -2.28. The van der Waals surface area contributed by atoms with Gasteiger partial charge in [0.1, 0.15) is 18.2 Å². The third-order valence-corrected chi connectivity index (χ3v) is 3.35. The van der Waals surface area contributed by atoms with Gasteiger partial charge in [0.2, 0.25) is 5.88 Å². The molecule has 0 aliphatic rings. The number of nitriles is 1. The fourth-order valence-electron chi connectivity index (χ4n) is 2.10. The molecule has 4 nitrogen and oxygen atoms in total. The SMILES string of the molecule is CCN(CC)CCOc1nc2ccccc2cc1C#N. The minimum absolute atomic E-state index is 0.429. The molecule has 0 bridgehead atoms. The maximum Gasteiger partial charge on any atom is 0.232 e. The second-order valence-corrected chi connectivity index (χ2v) is 4.52. The summed E-state index contributed by atoms with van der Waals surface area (Å²) >= 11 is 0. The Labute approximate surface area is 119 Å². The third-order valence-electron chi connectivity index (χ3n) is 3.35. The zero-order valence-electron chi connectivity index (χ0n) is 12.0. The van der Waals surface area contributed by atoms with E-state index in [2.05, 4.69) is 29.8 Å². The van der Waals surface area contributed by atoms with Gasteiger partial charge in [-0.3, -0.25) is 0 Å². The van der Waals surface area contributed by atoms with Crippen LogP contribution in [-0.4, -0.2) is 36.1 Å². The van der Waals surface area contributed by atoms with Crippen LogP contribution in [0, 0.1) is 11.3 Å². The van der Waals surface area contributed by atoms with Crippen molar-refractivity contribution in [2.75, 3.05) is 26.2 Å². The first-order chi connectivity index (χ1) is 9.78. The highest BCUT2D eigenvalue weighted by Gasteiger charge is 2.08. The normalized spacial score (nSPS) is 10.7. The summed E-state index contributed by atoms with van der Waals surface area (Å²) in [4.78, 5) is 6.70. The third kappa shape index (κ3) is 3.25. The van der Waals surface area contributed by atoms with Crippen LogP contribution < -0.4 is 4.74 Å². The quantitative estimate of drug-likeness (QED) is 0.809. The van der Waals surface area contributed by atoms with Crippen LogP contribution in [0.25, 0.3) is 10.9 Å². The first-order valence-corrected chi connectivity index (χ1v) is 6.93. The lowest BCUT2D eigenvalue weighted by Gasteiger charge is -2.18. The minimum atomic E-state index is 0.429. The molecule has 0 aliphatic heterocycles. The highest BCUT2D eigenvalue weighted by Crippen LogP contribution is 2.21. The van der Waals surface area contributed by atoms with E-state index in [0.717, 1.165) is 30.5 Å². The van der Waals surface area contributed by atoms with Gasteiger partial charge in [0, 0.05) is 11.9 Å². The zero-order chi connectivity index (χ0) is 14.4. The van der Waals surface area contributed by atoms with Crippen molar-refractivity contribution in [3.8, 4) is 11.9 Å². The van der Waals surface area contributed by atoms with Gasteiger partial charge in [-0.1, -0.05) is 32.0 Å². The van der Waals surface area contributed by atoms with E-state index in [1.165, 1.54) is 0 Å². The number of rotatable bonds is 6. The van der Waals surface area contributed by atoms with Gasteiger partial charge in [-0.05, 0) is 25.2 Å². The molecule has 20 heavy (non-hydrogen) atoms. The number of ether oxygens (including phenoxy) is 1. The summed E-state index contributed by atoms with van der Waals surface area (Å²) < 4.78 is 5.70. The van der Waals surface area contributed by atoms with E-state index >= 15 is 0 Å². The Balaban J connectivity index is 2.14. The van der Waals surface area contributed by atoms with Crippen molar-refractivity contribution in [2.45, 2.75) is 13.8 Å². The van der Waals surface area contributed by atoms with Crippen LogP contribution >= 0.6 is 0 Å². The first-order valence-electron chi connectivity index (χ1n) is 6.93. The minimum Gasteiger partial charge on any atom is -0.475 e. The van der Waals surface area contributed by atoms with Crippen LogP contribution in [0.15, 0.2) is 30.3 Å². The molecule has 0 radical (unpaired) electrons. The van der Waals surface area contributed by atoms with Crippen molar-refractivity contribution in [1.82, 2.24) is 9.88 Å². The average molecular weight is 269 g/mol. The molecular formula is C16H19N3O. The van der Waals surface area contributed by atoms with Crippen LogP contribution in [0.1, 0.15) is 19.4 Å². The molecule has 0 aliphatic carbocycles. The van der Waals surface area contributed by atoms with E-state index in [-0.39, 0.29) is 0 Å². The number of aromatic nitrogens is 1. The molecule has 2 aromatic rings. The maximum atomic E-state index is 9.20. The van der Waals surface area contributed by atoms with Crippen LogP contribution in [0.5, 0.6) is 5.88 Å². The number of hydrogen-bond acceptors (Lipinski definition) is 4. The summed E-state index contributed by atoms with van der Waals surface area (Å²) in [5.74, 6) is 0.429. The summed E-state index contributed by atoms with van der Waals surface area (Å²) in [5, 5.41) is 10.2. The van der Waals surface area contributed by atoms with Crippen LogP contribution in [0.4, 0.5) is 0 Å². The van der Waals surface area contributed by atoms with Crippen LogP contribution in [-0.2, 0) is 0 Å². The van der Waals surface area contributed by atoms with Crippen molar-refractivity contribution in [1.29, 1.82) is 5.26 Å². The molecule has 0 spiro atoms. The molecule has 104 valence electrons. The van der Waals surface area contributed by atoms with Crippen LogP contribution in [0.2, 0.25) is 0 Å². The predicted molar refractivity (Wildman–Crippen MR) is 79.7 cm³/mol. The fraction of sp³-hybridized carbons (Fsp3) is 0.375. The van der Waals surface area contributed by atoms with Gasteiger partial charge in [-0.15, -0.1) is 0 Å². The van der Waals surface area contributed by atoms with Crippen molar-refractivity contribution in [3.05, 3.63) is 35.9 Å². The summed E-state index contributed by atoms with van der Waals surface area (Å²) in [6, 6.07) is 11.7. The molecule has 0 atom stereocenters. The van der Waals surface area contributed by atoms with Gasteiger partial charge < -0.3 is 9.64 Å². The van der Waals surface area contributed by atoms with E-state index in [0.29, 0.717) is 18.1 Å². The molecule has 0 fully saturated rings. The van der Waals surface area contributed by atoms with E-state index < -0.39 is 0 Å². The Hall–Kier alpha value is -2.12. The van der Waals surface area contributed by atoms with Crippen LogP contribution in [0.3, 0.4) is 0 Å². The summed E-state index contributed by atoms with van der Waals surface area (Å²) in [6.45, 7) is 7.62. The molecule has 0 unspecified atom stereocenters. The summed E-state index contributed by atoms with van der Waals surface area (Å²) in [5.41, 5.74) is 1.34. The molecule has 0 amide bonds. The molecular weight excluding hydrogens is 250 g/mol. The molecule has 2 rings (SSSR count). The second kappa shape index (κ2) is 6.88. The Morgan fingerprint density at radius 1 is 1.25 bits per heavy atom. The number of hydrogen-bond donors (Lipinski definition) is 0. The zero-order valence-corrected chi connectivity index (χ0v) is 12.0. The van der Waals surface area contributed by atoms with Crippen molar-refractivity contribution in [2.24, 2.45) is 0 Å². The highest BCUT2D eigenvalue weighted by molar-refractivity contribution is 5.80. The average Bonchev–Trinajstić information content (AvgIpc) is 2.50. The predicted octanol–water partition coefficient (Wildman–Crippen LogP) is 2.83. The van der Waals surface area contributed by atoms with E-state index in [1.54, 1.807) is 0 Å². The molecule has 0 saturated heterocycles. The Morgan fingerprint density at radius 3 is 2.70 bits per heavy atom. The molecule has 0 N–H and O–H groups in total.